The van der Waals surface area contributed by atoms with Gasteiger partial charge in [0, 0.05) is 31.0 Å². The third-order valence-electron chi connectivity index (χ3n) is 4.88. The van der Waals surface area contributed by atoms with Gasteiger partial charge in [0.25, 0.3) is 0 Å². The molecule has 1 aromatic carbocycles. The molecular formula is C19H23F3N4O. The van der Waals surface area contributed by atoms with Gasteiger partial charge in [-0.1, -0.05) is 6.07 Å². The molecule has 1 N–H and O–H groups in total. The summed E-state index contributed by atoms with van der Waals surface area (Å²) in [6.45, 7) is 5.97. The number of piperidine rings is 1. The zero-order valence-electron chi connectivity index (χ0n) is 15.4. The Kier molecular flexibility index (Phi) is 5.43. The fraction of sp³-hybridized carbons (Fsp3) is 0.474. The van der Waals surface area contributed by atoms with Crippen LogP contribution in [0.15, 0.2) is 30.3 Å². The maximum Gasteiger partial charge on any atom is 0.416 e. The van der Waals surface area contributed by atoms with Crippen LogP contribution in [0.2, 0.25) is 0 Å². The number of alkyl halides is 3. The predicted octanol–water partition coefficient (Wildman–Crippen LogP) is 4.46. The second-order valence-corrected chi connectivity index (χ2v) is 7.05. The maximum absolute atomic E-state index is 12.8. The highest BCUT2D eigenvalue weighted by Crippen LogP contribution is 2.30. The molecular weight excluding hydrogens is 357 g/mol. The van der Waals surface area contributed by atoms with Crippen molar-refractivity contribution < 1.29 is 18.0 Å². The van der Waals surface area contributed by atoms with Crippen LogP contribution in [-0.4, -0.2) is 33.8 Å². The summed E-state index contributed by atoms with van der Waals surface area (Å²) in [4.78, 5) is 14.0. The van der Waals surface area contributed by atoms with Crippen LogP contribution in [0, 0.1) is 19.8 Å². The molecule has 0 unspecified atom stereocenters. The van der Waals surface area contributed by atoms with Crippen molar-refractivity contribution in [1.82, 2.24) is 14.7 Å². The van der Waals surface area contributed by atoms with E-state index in [9.17, 15) is 18.0 Å². The normalized spacial score (nSPS) is 15.8. The minimum Gasteiger partial charge on any atom is -0.325 e. The summed E-state index contributed by atoms with van der Waals surface area (Å²) >= 11 is 0. The Balaban J connectivity index is 1.53. The average molecular weight is 380 g/mol. The molecule has 5 nitrogen and oxygen atoms in total. The van der Waals surface area contributed by atoms with Crippen LogP contribution in [0.25, 0.3) is 0 Å². The van der Waals surface area contributed by atoms with Gasteiger partial charge in [-0.2, -0.15) is 18.3 Å². The highest BCUT2D eigenvalue weighted by Gasteiger charge is 2.31. The summed E-state index contributed by atoms with van der Waals surface area (Å²) in [5.41, 5.74) is 1.49. The predicted molar refractivity (Wildman–Crippen MR) is 96.5 cm³/mol. The van der Waals surface area contributed by atoms with Crippen molar-refractivity contribution in [2.45, 2.75) is 39.4 Å². The van der Waals surface area contributed by atoms with Gasteiger partial charge in [-0.3, -0.25) is 4.68 Å². The number of halogens is 3. The fourth-order valence-corrected chi connectivity index (χ4v) is 3.40. The molecule has 0 saturated carbocycles. The van der Waals surface area contributed by atoms with Crippen molar-refractivity contribution in [2.24, 2.45) is 5.92 Å². The SMILES string of the molecule is Cc1cc(C)n(CC2CCN(C(=O)Nc3cccc(C(F)(F)F)c3)CC2)n1. The number of amides is 2. The first-order valence-corrected chi connectivity index (χ1v) is 8.96. The van der Waals surface area contributed by atoms with E-state index < -0.39 is 11.7 Å². The van der Waals surface area contributed by atoms with Crippen LogP contribution in [-0.2, 0) is 12.7 Å². The molecule has 146 valence electrons. The van der Waals surface area contributed by atoms with Gasteiger partial charge in [0.15, 0.2) is 0 Å². The number of carbonyl (C=O) groups excluding carboxylic acids is 1. The van der Waals surface area contributed by atoms with Crippen LogP contribution in [0.1, 0.15) is 29.8 Å². The first-order chi connectivity index (χ1) is 12.7. The molecule has 0 bridgehead atoms. The summed E-state index contributed by atoms with van der Waals surface area (Å²) in [5.74, 6) is 0.431. The summed E-state index contributed by atoms with van der Waals surface area (Å²) in [6.07, 6.45) is -2.75. The van der Waals surface area contributed by atoms with E-state index in [1.165, 1.54) is 12.1 Å². The summed E-state index contributed by atoms with van der Waals surface area (Å²) in [5, 5.41) is 7.04. The van der Waals surface area contributed by atoms with E-state index in [4.69, 9.17) is 0 Å². The molecule has 1 aromatic heterocycles. The molecule has 2 amide bonds. The highest BCUT2D eigenvalue weighted by atomic mass is 19.4. The van der Waals surface area contributed by atoms with Crippen molar-refractivity contribution in [3.63, 3.8) is 0 Å². The van der Waals surface area contributed by atoms with E-state index in [-0.39, 0.29) is 11.7 Å². The molecule has 0 spiro atoms. The molecule has 0 atom stereocenters. The minimum atomic E-state index is -4.43. The van der Waals surface area contributed by atoms with Crippen molar-refractivity contribution in [1.29, 1.82) is 0 Å². The fourth-order valence-electron chi connectivity index (χ4n) is 3.40. The molecule has 1 aliphatic heterocycles. The summed E-state index contributed by atoms with van der Waals surface area (Å²) in [7, 11) is 0. The van der Waals surface area contributed by atoms with Gasteiger partial charge >= 0.3 is 12.2 Å². The molecule has 1 fully saturated rings. The van der Waals surface area contributed by atoms with Gasteiger partial charge in [-0.25, -0.2) is 4.79 Å². The number of nitrogens with zero attached hydrogens (tertiary/aromatic N) is 3. The Morgan fingerprint density at radius 2 is 1.93 bits per heavy atom. The average Bonchev–Trinajstić information content (AvgIpc) is 2.92. The Hall–Kier alpha value is -2.51. The van der Waals surface area contributed by atoms with Gasteiger partial charge in [0.2, 0.25) is 0 Å². The van der Waals surface area contributed by atoms with Gasteiger partial charge in [0.05, 0.1) is 11.3 Å². The molecule has 3 rings (SSSR count). The highest BCUT2D eigenvalue weighted by molar-refractivity contribution is 5.89. The third kappa shape index (κ3) is 4.81. The monoisotopic (exact) mass is 380 g/mol. The molecule has 2 aromatic rings. The number of aryl methyl sites for hydroxylation is 2. The van der Waals surface area contributed by atoms with Crippen LogP contribution in [0.3, 0.4) is 0 Å². The van der Waals surface area contributed by atoms with Gasteiger partial charge in [-0.05, 0) is 56.9 Å². The number of aromatic nitrogens is 2. The number of urea groups is 1. The Labute approximate surface area is 156 Å². The molecule has 2 heterocycles. The largest absolute Gasteiger partial charge is 0.416 e. The lowest BCUT2D eigenvalue weighted by molar-refractivity contribution is -0.137. The van der Waals surface area contributed by atoms with E-state index in [0.717, 1.165) is 42.9 Å². The van der Waals surface area contributed by atoms with Crippen LogP contribution in [0.4, 0.5) is 23.7 Å². The number of nitrogens with one attached hydrogen (secondary N) is 1. The summed E-state index contributed by atoms with van der Waals surface area (Å²) < 4.78 is 40.3. The Morgan fingerprint density at radius 1 is 1.22 bits per heavy atom. The van der Waals surface area contributed by atoms with Crippen molar-refractivity contribution in [2.75, 3.05) is 18.4 Å². The number of anilines is 1. The maximum atomic E-state index is 12.8. The minimum absolute atomic E-state index is 0.152. The van der Waals surface area contributed by atoms with Crippen molar-refractivity contribution >= 4 is 11.7 Å². The molecule has 27 heavy (non-hydrogen) atoms. The number of hydrogen-bond acceptors (Lipinski definition) is 2. The molecule has 1 saturated heterocycles. The third-order valence-corrected chi connectivity index (χ3v) is 4.88. The molecule has 0 radical (unpaired) electrons. The van der Waals surface area contributed by atoms with Gasteiger partial charge < -0.3 is 10.2 Å². The second-order valence-electron chi connectivity index (χ2n) is 7.05. The van der Waals surface area contributed by atoms with E-state index in [1.54, 1.807) is 4.90 Å². The second kappa shape index (κ2) is 7.62. The lowest BCUT2D eigenvalue weighted by atomic mass is 9.97. The molecule has 1 aliphatic rings. The van der Waals surface area contributed by atoms with Gasteiger partial charge in [0.1, 0.15) is 0 Å². The van der Waals surface area contributed by atoms with Crippen LogP contribution >= 0.6 is 0 Å². The van der Waals surface area contributed by atoms with Crippen molar-refractivity contribution in [3.05, 3.63) is 47.3 Å². The van der Waals surface area contributed by atoms with Gasteiger partial charge in [-0.15, -0.1) is 0 Å². The van der Waals surface area contributed by atoms with E-state index in [0.29, 0.717) is 19.0 Å². The smallest absolute Gasteiger partial charge is 0.325 e. The molecule has 0 aliphatic carbocycles. The first-order valence-electron chi connectivity index (χ1n) is 8.96. The van der Waals surface area contributed by atoms with E-state index >= 15 is 0 Å². The van der Waals surface area contributed by atoms with Crippen LogP contribution < -0.4 is 5.32 Å². The number of carbonyl (C=O) groups is 1. The summed E-state index contributed by atoms with van der Waals surface area (Å²) in [6, 6.07) is 6.37. The quantitative estimate of drug-likeness (QED) is 0.855. The zero-order valence-corrected chi connectivity index (χ0v) is 15.4. The Morgan fingerprint density at radius 3 is 2.52 bits per heavy atom. The van der Waals surface area contributed by atoms with E-state index in [1.807, 2.05) is 24.6 Å². The number of likely N-dealkylation sites (tertiary alicyclic amines) is 1. The lowest BCUT2D eigenvalue weighted by Gasteiger charge is -2.32. The standard InChI is InChI=1S/C19H23F3N4O/c1-13-10-14(2)26(24-13)12-15-6-8-25(9-7-15)18(27)23-17-5-3-4-16(11-17)19(20,21)22/h3-5,10-11,15H,6-9,12H2,1-2H3,(H,23,27). The zero-order chi connectivity index (χ0) is 19.6. The number of rotatable bonds is 3. The first kappa shape index (κ1) is 19.3. The topological polar surface area (TPSA) is 50.2 Å². The van der Waals surface area contributed by atoms with E-state index in [2.05, 4.69) is 10.4 Å². The number of hydrogen-bond donors (Lipinski definition) is 1. The number of benzene rings is 1. The Bertz CT molecular complexity index is 808. The molecule has 8 heteroatoms. The van der Waals surface area contributed by atoms with Crippen LogP contribution in [0.5, 0.6) is 0 Å². The van der Waals surface area contributed by atoms with Crippen molar-refractivity contribution in [3.8, 4) is 0 Å². The lowest BCUT2D eigenvalue weighted by Crippen LogP contribution is -2.41.